The molecule has 1 aromatic rings. The molecule has 2 rings (SSSR count). The second-order valence-electron chi connectivity index (χ2n) is 5.42. The molecule has 0 bridgehead atoms. The highest BCUT2D eigenvalue weighted by molar-refractivity contribution is 7.99. The Labute approximate surface area is 124 Å². The summed E-state index contributed by atoms with van der Waals surface area (Å²) in [6, 6.07) is 0. The van der Waals surface area contributed by atoms with Gasteiger partial charge in [-0.25, -0.2) is 9.89 Å². The topological polar surface area (TPSA) is 50.7 Å². The lowest BCUT2D eigenvalue weighted by molar-refractivity contribution is 0.332. The fraction of sp³-hybridized carbons (Fsp3) is 0.846. The van der Waals surface area contributed by atoms with Gasteiger partial charge in [0.25, 0.3) is 0 Å². The monoisotopic (exact) mass is 301 g/mol. The Bertz CT molecular complexity index is 447. The van der Waals surface area contributed by atoms with Gasteiger partial charge in [-0.05, 0) is 30.9 Å². The van der Waals surface area contributed by atoms with E-state index < -0.39 is 0 Å². The van der Waals surface area contributed by atoms with Gasteiger partial charge in [0.05, 0.1) is 0 Å². The minimum atomic E-state index is -0.106. The largest absolute Gasteiger partial charge is 0.343 e. The van der Waals surface area contributed by atoms with Crippen molar-refractivity contribution in [3.63, 3.8) is 0 Å². The highest BCUT2D eigenvalue weighted by Crippen LogP contribution is 2.40. The van der Waals surface area contributed by atoms with Crippen molar-refractivity contribution in [3.05, 3.63) is 10.5 Å². The van der Waals surface area contributed by atoms with Gasteiger partial charge in [0.1, 0.15) is 0 Å². The maximum atomic E-state index is 11.5. The molecule has 4 nitrogen and oxygen atoms in total. The van der Waals surface area contributed by atoms with E-state index in [1.54, 1.807) is 16.3 Å². The van der Waals surface area contributed by atoms with Crippen LogP contribution in [0.5, 0.6) is 0 Å². The molecular weight excluding hydrogens is 278 g/mol. The lowest BCUT2D eigenvalue weighted by Crippen LogP contribution is -2.26. The van der Waals surface area contributed by atoms with Gasteiger partial charge in [-0.3, -0.25) is 4.57 Å². The molecule has 1 aromatic heterocycles. The molecule has 0 aliphatic heterocycles. The number of H-pyrrole nitrogens is 1. The summed E-state index contributed by atoms with van der Waals surface area (Å²) in [5.74, 6) is 1.95. The summed E-state index contributed by atoms with van der Waals surface area (Å²) in [5.41, 5.74) is 0.212. The molecule has 0 atom stereocenters. The Morgan fingerprint density at radius 1 is 1.37 bits per heavy atom. The van der Waals surface area contributed by atoms with Crippen molar-refractivity contribution in [2.24, 2.45) is 5.41 Å². The number of aromatic amines is 1. The lowest BCUT2D eigenvalue weighted by Gasteiger charge is -2.30. The van der Waals surface area contributed by atoms with Gasteiger partial charge in [-0.2, -0.15) is 12.6 Å². The van der Waals surface area contributed by atoms with Crippen molar-refractivity contribution < 1.29 is 0 Å². The zero-order valence-electron chi connectivity index (χ0n) is 11.5. The molecule has 1 N–H and O–H groups in total. The normalized spacial score (nSPS) is 19.3. The third-order valence-corrected chi connectivity index (χ3v) is 6.04. The van der Waals surface area contributed by atoms with Gasteiger partial charge in [-0.15, -0.1) is 5.10 Å². The number of nitrogens with one attached hydrogen (secondary N) is 1. The maximum absolute atomic E-state index is 11.5. The van der Waals surface area contributed by atoms with E-state index in [2.05, 4.69) is 22.8 Å². The zero-order chi connectivity index (χ0) is 13.7. The molecular formula is C13H23N3OS2. The molecule has 1 saturated carbocycles. The number of thioether (sulfide) groups is 1. The fourth-order valence-corrected chi connectivity index (χ4v) is 4.62. The molecule has 0 radical (unpaired) electrons. The summed E-state index contributed by atoms with van der Waals surface area (Å²) in [4.78, 5) is 11.5. The number of aromatic nitrogens is 3. The Morgan fingerprint density at radius 2 is 2.05 bits per heavy atom. The average Bonchev–Trinajstić information content (AvgIpc) is 2.64. The standard InChI is InChI=1S/C13H23N3OS2/c1-2-16-11(17)14-15-12(16)19-10-13(9-18)7-5-3-4-6-8-13/h18H,2-10H2,1H3,(H,14,17). The van der Waals surface area contributed by atoms with Gasteiger partial charge in [0, 0.05) is 12.3 Å². The fourth-order valence-electron chi connectivity index (χ4n) is 2.74. The van der Waals surface area contributed by atoms with Crippen LogP contribution in [0.1, 0.15) is 45.4 Å². The molecule has 0 unspecified atom stereocenters. The Kier molecular flexibility index (Phi) is 5.45. The van der Waals surface area contributed by atoms with Crippen molar-refractivity contribution in [1.29, 1.82) is 0 Å². The smallest absolute Gasteiger partial charge is 0.270 e. The zero-order valence-corrected chi connectivity index (χ0v) is 13.2. The van der Waals surface area contributed by atoms with Crippen LogP contribution >= 0.6 is 24.4 Å². The van der Waals surface area contributed by atoms with Crippen LogP contribution in [0, 0.1) is 5.41 Å². The Morgan fingerprint density at radius 3 is 2.63 bits per heavy atom. The molecule has 0 aromatic carbocycles. The van der Waals surface area contributed by atoms with E-state index in [1.807, 2.05) is 6.92 Å². The molecule has 19 heavy (non-hydrogen) atoms. The van der Waals surface area contributed by atoms with E-state index >= 15 is 0 Å². The number of hydrogen-bond donors (Lipinski definition) is 2. The van der Waals surface area contributed by atoms with Crippen molar-refractivity contribution in [3.8, 4) is 0 Å². The van der Waals surface area contributed by atoms with Gasteiger partial charge in [-0.1, -0.05) is 37.4 Å². The molecule has 0 spiro atoms. The summed E-state index contributed by atoms with van der Waals surface area (Å²) in [5, 5.41) is 7.48. The predicted octanol–water partition coefficient (Wildman–Crippen LogP) is 2.95. The summed E-state index contributed by atoms with van der Waals surface area (Å²) in [6.45, 7) is 2.65. The third kappa shape index (κ3) is 3.60. The summed E-state index contributed by atoms with van der Waals surface area (Å²) < 4.78 is 1.70. The molecule has 1 fully saturated rings. The van der Waals surface area contributed by atoms with Crippen LogP contribution < -0.4 is 5.69 Å². The van der Waals surface area contributed by atoms with Gasteiger partial charge in [0.2, 0.25) is 0 Å². The van der Waals surface area contributed by atoms with E-state index in [0.29, 0.717) is 12.0 Å². The first kappa shape index (κ1) is 15.0. The first-order valence-corrected chi connectivity index (χ1v) is 8.71. The average molecular weight is 301 g/mol. The van der Waals surface area contributed by atoms with Crippen LogP contribution in [0.25, 0.3) is 0 Å². The van der Waals surface area contributed by atoms with Crippen molar-refractivity contribution in [1.82, 2.24) is 14.8 Å². The van der Waals surface area contributed by atoms with E-state index in [-0.39, 0.29) is 5.69 Å². The van der Waals surface area contributed by atoms with E-state index in [9.17, 15) is 4.79 Å². The van der Waals surface area contributed by atoms with Crippen molar-refractivity contribution in [2.45, 2.75) is 57.1 Å². The van der Waals surface area contributed by atoms with Crippen LogP contribution in [-0.4, -0.2) is 26.3 Å². The van der Waals surface area contributed by atoms with Gasteiger partial charge in [0.15, 0.2) is 5.16 Å². The number of thiol groups is 1. The Balaban J connectivity index is 2.04. The highest BCUT2D eigenvalue weighted by atomic mass is 32.2. The molecule has 1 aliphatic carbocycles. The van der Waals surface area contributed by atoms with Crippen LogP contribution in [0.4, 0.5) is 0 Å². The lowest BCUT2D eigenvalue weighted by atomic mass is 9.84. The number of hydrogen-bond acceptors (Lipinski definition) is 4. The minimum Gasteiger partial charge on any atom is -0.270 e. The van der Waals surface area contributed by atoms with Crippen LogP contribution in [0.3, 0.4) is 0 Å². The second-order valence-corrected chi connectivity index (χ2v) is 6.68. The van der Waals surface area contributed by atoms with Gasteiger partial charge >= 0.3 is 5.69 Å². The molecule has 6 heteroatoms. The molecule has 108 valence electrons. The third-order valence-electron chi connectivity index (χ3n) is 4.05. The van der Waals surface area contributed by atoms with E-state index in [0.717, 1.165) is 16.7 Å². The van der Waals surface area contributed by atoms with Crippen LogP contribution in [0.2, 0.25) is 0 Å². The second kappa shape index (κ2) is 6.88. The highest BCUT2D eigenvalue weighted by Gasteiger charge is 2.30. The maximum Gasteiger partial charge on any atom is 0.343 e. The van der Waals surface area contributed by atoms with Crippen LogP contribution in [0.15, 0.2) is 9.95 Å². The first-order chi connectivity index (χ1) is 9.21. The molecule has 0 amide bonds. The minimum absolute atomic E-state index is 0.106. The van der Waals surface area contributed by atoms with E-state index in [4.69, 9.17) is 0 Å². The number of rotatable bonds is 5. The Hall–Kier alpha value is -0.360. The molecule has 1 heterocycles. The summed E-state index contributed by atoms with van der Waals surface area (Å²) >= 11 is 6.29. The molecule has 0 saturated heterocycles. The van der Waals surface area contributed by atoms with Crippen LogP contribution in [-0.2, 0) is 6.54 Å². The van der Waals surface area contributed by atoms with Gasteiger partial charge < -0.3 is 0 Å². The SMILES string of the molecule is CCn1c(SCC2(CS)CCCCCC2)n[nH]c1=O. The first-order valence-electron chi connectivity index (χ1n) is 7.10. The summed E-state index contributed by atoms with van der Waals surface area (Å²) in [7, 11) is 0. The predicted molar refractivity (Wildman–Crippen MR) is 83.2 cm³/mol. The van der Waals surface area contributed by atoms with Crippen molar-refractivity contribution >= 4 is 24.4 Å². The van der Waals surface area contributed by atoms with Crippen molar-refractivity contribution in [2.75, 3.05) is 11.5 Å². The molecule has 1 aliphatic rings. The number of nitrogens with zero attached hydrogens (tertiary/aromatic N) is 2. The quantitative estimate of drug-likeness (QED) is 0.499. The summed E-state index contributed by atoms with van der Waals surface area (Å²) in [6.07, 6.45) is 7.82. The van der Waals surface area contributed by atoms with E-state index in [1.165, 1.54) is 38.5 Å².